The van der Waals surface area contributed by atoms with Gasteiger partial charge < -0.3 is 0 Å². The summed E-state index contributed by atoms with van der Waals surface area (Å²) in [5, 5.41) is 8.63. The lowest BCUT2D eigenvalue weighted by Crippen LogP contribution is -1.93. The van der Waals surface area contributed by atoms with Crippen LogP contribution in [0.4, 0.5) is 0 Å². The number of pyridine rings is 1. The van der Waals surface area contributed by atoms with Gasteiger partial charge in [0.2, 0.25) is 0 Å². The summed E-state index contributed by atoms with van der Waals surface area (Å²) < 4.78 is 3.68. The summed E-state index contributed by atoms with van der Waals surface area (Å²) in [6.07, 6.45) is 3.61. The molecule has 3 aromatic heterocycles. The number of aromatic nitrogens is 5. The average molecular weight is 227 g/mol. The molecule has 0 unspecified atom stereocenters. The molecule has 86 valence electrons. The highest BCUT2D eigenvalue weighted by atomic mass is 15.3. The maximum Gasteiger partial charge on any atom is 0.108 e. The first kappa shape index (κ1) is 10.0. The molecule has 0 bridgehead atoms. The normalized spacial score (nSPS) is 11.2. The fourth-order valence-corrected chi connectivity index (χ4v) is 1.87. The molecule has 0 aromatic carbocycles. The van der Waals surface area contributed by atoms with E-state index in [0.29, 0.717) is 0 Å². The molecule has 0 aliphatic heterocycles. The second kappa shape index (κ2) is 3.41. The molecule has 5 heteroatoms. The van der Waals surface area contributed by atoms with E-state index in [9.17, 15) is 0 Å². The molecule has 3 heterocycles. The third kappa shape index (κ3) is 1.51. The summed E-state index contributed by atoms with van der Waals surface area (Å²) in [7, 11) is 3.85. The molecule has 0 amide bonds. The number of hydrogen-bond donors (Lipinski definition) is 0. The quantitative estimate of drug-likeness (QED) is 0.635. The third-order valence-corrected chi connectivity index (χ3v) is 3.01. The van der Waals surface area contributed by atoms with Crippen molar-refractivity contribution >= 4 is 11.0 Å². The van der Waals surface area contributed by atoms with Crippen LogP contribution in [0.3, 0.4) is 0 Å². The Balaban J connectivity index is 2.20. The maximum atomic E-state index is 4.45. The minimum Gasteiger partial charge on any atom is -0.272 e. The van der Waals surface area contributed by atoms with Gasteiger partial charge in [0.05, 0.1) is 17.4 Å². The molecular formula is C12H13N5. The zero-order valence-electron chi connectivity index (χ0n) is 10.0. The smallest absolute Gasteiger partial charge is 0.108 e. The van der Waals surface area contributed by atoms with Gasteiger partial charge in [-0.1, -0.05) is 0 Å². The van der Waals surface area contributed by atoms with E-state index in [1.165, 1.54) is 0 Å². The van der Waals surface area contributed by atoms with Crippen LogP contribution in [0.5, 0.6) is 0 Å². The Labute approximate surface area is 98.7 Å². The Morgan fingerprint density at radius 1 is 1.06 bits per heavy atom. The molecule has 0 aliphatic carbocycles. The van der Waals surface area contributed by atoms with Crippen LogP contribution >= 0.6 is 0 Å². The minimum atomic E-state index is 0.906. The summed E-state index contributed by atoms with van der Waals surface area (Å²) in [6.45, 7) is 2.03. The van der Waals surface area contributed by atoms with Gasteiger partial charge in [0.1, 0.15) is 5.52 Å². The second-order valence-corrected chi connectivity index (χ2v) is 4.19. The van der Waals surface area contributed by atoms with Crippen molar-refractivity contribution in [2.75, 3.05) is 0 Å². The molecule has 5 nitrogen and oxygen atoms in total. The molecule has 0 atom stereocenters. The lowest BCUT2D eigenvalue weighted by molar-refractivity contribution is 0.742. The lowest BCUT2D eigenvalue weighted by Gasteiger charge is -1.98. The van der Waals surface area contributed by atoms with E-state index in [1.54, 1.807) is 6.20 Å². The number of hydrogen-bond acceptors (Lipinski definition) is 3. The third-order valence-electron chi connectivity index (χ3n) is 3.01. The molecule has 17 heavy (non-hydrogen) atoms. The Hall–Kier alpha value is -2.17. The highest BCUT2D eigenvalue weighted by Gasteiger charge is 2.07. The molecule has 3 aromatic rings. The molecule has 0 N–H and O–H groups in total. The van der Waals surface area contributed by atoms with Gasteiger partial charge in [0.25, 0.3) is 0 Å². The molecular weight excluding hydrogens is 214 g/mol. The van der Waals surface area contributed by atoms with E-state index >= 15 is 0 Å². The maximum absolute atomic E-state index is 4.45. The molecule has 0 spiro atoms. The summed E-state index contributed by atoms with van der Waals surface area (Å²) in [4.78, 5) is 4.38. The van der Waals surface area contributed by atoms with Crippen molar-refractivity contribution in [1.82, 2.24) is 24.5 Å². The van der Waals surface area contributed by atoms with Crippen LogP contribution in [0, 0.1) is 6.92 Å². The van der Waals surface area contributed by atoms with Gasteiger partial charge in [-0.3, -0.25) is 14.3 Å². The van der Waals surface area contributed by atoms with Crippen molar-refractivity contribution in [2.24, 2.45) is 14.1 Å². The highest BCUT2D eigenvalue weighted by molar-refractivity contribution is 5.79. The van der Waals surface area contributed by atoms with E-state index in [4.69, 9.17) is 0 Å². The summed E-state index contributed by atoms with van der Waals surface area (Å²) in [5.74, 6) is 0. The molecule has 0 aliphatic rings. The Kier molecular flexibility index (Phi) is 2.01. The van der Waals surface area contributed by atoms with Crippen LogP contribution in [0.2, 0.25) is 0 Å². The van der Waals surface area contributed by atoms with Gasteiger partial charge in [-0.15, -0.1) is 0 Å². The number of fused-ring (bicyclic) bond motifs is 1. The van der Waals surface area contributed by atoms with Crippen molar-refractivity contribution in [3.8, 4) is 11.3 Å². The zero-order chi connectivity index (χ0) is 12.0. The van der Waals surface area contributed by atoms with Crippen LogP contribution in [0.15, 0.2) is 24.5 Å². The molecule has 0 radical (unpaired) electrons. The van der Waals surface area contributed by atoms with E-state index in [0.717, 1.165) is 28.0 Å². The molecule has 0 fully saturated rings. The predicted octanol–water partition coefficient (Wildman–Crippen LogP) is 1.68. The first-order valence-electron chi connectivity index (χ1n) is 5.44. The van der Waals surface area contributed by atoms with E-state index in [1.807, 2.05) is 36.6 Å². The van der Waals surface area contributed by atoms with Crippen LogP contribution in [-0.2, 0) is 14.1 Å². The SMILES string of the molecule is Cc1cc(-c2cnc3cnn(C)c3c2)nn1C. The van der Waals surface area contributed by atoms with Crippen molar-refractivity contribution in [3.05, 3.63) is 30.2 Å². The van der Waals surface area contributed by atoms with Gasteiger partial charge in [-0.25, -0.2) is 0 Å². The topological polar surface area (TPSA) is 48.5 Å². The van der Waals surface area contributed by atoms with Crippen molar-refractivity contribution in [3.63, 3.8) is 0 Å². The van der Waals surface area contributed by atoms with Crippen molar-refractivity contribution < 1.29 is 0 Å². The molecule has 3 rings (SSSR count). The minimum absolute atomic E-state index is 0.906. The standard InChI is InChI=1S/C12H13N5/c1-8-4-10(15-16(8)2)9-5-12-11(13-6-9)7-14-17(12)3/h4-7H,1-3H3. The average Bonchev–Trinajstić information content (AvgIpc) is 2.84. The largest absolute Gasteiger partial charge is 0.272 e. The summed E-state index contributed by atoms with van der Waals surface area (Å²) in [6, 6.07) is 4.12. The van der Waals surface area contributed by atoms with Gasteiger partial charge >= 0.3 is 0 Å². The predicted molar refractivity (Wildman–Crippen MR) is 65.4 cm³/mol. The fourth-order valence-electron chi connectivity index (χ4n) is 1.87. The van der Waals surface area contributed by atoms with Crippen LogP contribution < -0.4 is 0 Å². The van der Waals surface area contributed by atoms with Gasteiger partial charge in [0, 0.05) is 31.5 Å². The first-order valence-corrected chi connectivity index (χ1v) is 5.44. The molecule has 0 saturated carbocycles. The van der Waals surface area contributed by atoms with E-state index in [2.05, 4.69) is 27.3 Å². The van der Waals surface area contributed by atoms with Gasteiger partial charge in [-0.05, 0) is 19.1 Å². The van der Waals surface area contributed by atoms with Crippen molar-refractivity contribution in [1.29, 1.82) is 0 Å². The Morgan fingerprint density at radius 2 is 1.88 bits per heavy atom. The van der Waals surface area contributed by atoms with Crippen LogP contribution in [-0.4, -0.2) is 24.5 Å². The van der Waals surface area contributed by atoms with Crippen molar-refractivity contribution in [2.45, 2.75) is 6.92 Å². The van der Waals surface area contributed by atoms with E-state index < -0.39 is 0 Å². The summed E-state index contributed by atoms with van der Waals surface area (Å²) >= 11 is 0. The number of aryl methyl sites for hydroxylation is 3. The van der Waals surface area contributed by atoms with Gasteiger partial charge in [0.15, 0.2) is 0 Å². The number of nitrogens with zero attached hydrogens (tertiary/aromatic N) is 5. The highest BCUT2D eigenvalue weighted by Crippen LogP contribution is 2.21. The Bertz CT molecular complexity index is 673. The molecule has 0 saturated heterocycles. The zero-order valence-corrected chi connectivity index (χ0v) is 10.0. The first-order chi connectivity index (χ1) is 8.15. The number of rotatable bonds is 1. The monoisotopic (exact) mass is 227 g/mol. The Morgan fingerprint density at radius 3 is 2.59 bits per heavy atom. The van der Waals surface area contributed by atoms with E-state index in [-0.39, 0.29) is 0 Å². The van der Waals surface area contributed by atoms with Gasteiger partial charge in [-0.2, -0.15) is 10.2 Å². The lowest BCUT2D eigenvalue weighted by atomic mass is 10.2. The van der Waals surface area contributed by atoms with Crippen LogP contribution in [0.25, 0.3) is 22.3 Å². The summed E-state index contributed by atoms with van der Waals surface area (Å²) in [5.41, 5.74) is 5.02. The van der Waals surface area contributed by atoms with Crippen LogP contribution in [0.1, 0.15) is 5.69 Å². The fraction of sp³-hybridized carbons (Fsp3) is 0.250. The second-order valence-electron chi connectivity index (χ2n) is 4.19.